The van der Waals surface area contributed by atoms with Gasteiger partial charge in [0.2, 0.25) is 0 Å². The molecule has 3 N–H and O–H groups in total. The number of nitrogens with zero attached hydrogens (tertiary/aromatic N) is 4. The minimum atomic E-state index is 0. The molecule has 0 radical (unpaired) electrons. The van der Waals surface area contributed by atoms with Crippen molar-refractivity contribution in [1.82, 2.24) is 35.7 Å². The zero-order chi connectivity index (χ0) is 15.0. The number of aromatic amines is 2. The van der Waals surface area contributed by atoms with Gasteiger partial charge in [0.25, 0.3) is 0 Å². The fraction of sp³-hybridized carbons (Fsp3) is 0.375. The molecule has 23 heavy (non-hydrogen) atoms. The molecular formula is C16H23N7. The Hall–Kier alpha value is -2.54. The van der Waals surface area contributed by atoms with Crippen molar-refractivity contribution in [3.8, 4) is 11.3 Å². The standard InChI is InChI=1S/C8H13N3.C7H6N4.CH4/c1-2-4-9-8(3-1)7-5-10-11-6-7;1-2-9-7(5-8-1)6-3-10-11-4-6;/h5-6,8-9H,1-4H2,(H,10,11);1-5H,(H,10,11);1H4. The van der Waals surface area contributed by atoms with Crippen LogP contribution in [-0.2, 0) is 0 Å². The van der Waals surface area contributed by atoms with Gasteiger partial charge in [-0.25, -0.2) is 0 Å². The molecule has 4 heterocycles. The lowest BCUT2D eigenvalue weighted by molar-refractivity contribution is 0.412. The first-order chi connectivity index (χ1) is 10.9. The molecule has 0 aromatic carbocycles. The molecule has 1 fully saturated rings. The SMILES string of the molecule is C.c1cnc(-c2cn[nH]c2)cn1.c1n[nH]cc1C1CCCCN1. The highest BCUT2D eigenvalue weighted by Gasteiger charge is 2.14. The molecule has 1 unspecified atom stereocenters. The van der Waals surface area contributed by atoms with Gasteiger partial charge in [-0.15, -0.1) is 0 Å². The molecule has 7 nitrogen and oxygen atoms in total. The van der Waals surface area contributed by atoms with Crippen LogP contribution in [-0.4, -0.2) is 36.9 Å². The molecule has 0 amide bonds. The number of aromatic nitrogens is 6. The molecule has 0 aliphatic carbocycles. The van der Waals surface area contributed by atoms with E-state index in [9.17, 15) is 0 Å². The van der Waals surface area contributed by atoms with Crippen LogP contribution in [0.2, 0.25) is 0 Å². The van der Waals surface area contributed by atoms with Gasteiger partial charge in [0.15, 0.2) is 0 Å². The van der Waals surface area contributed by atoms with E-state index in [0.29, 0.717) is 6.04 Å². The largest absolute Gasteiger partial charge is 0.310 e. The second-order valence-corrected chi connectivity index (χ2v) is 5.11. The van der Waals surface area contributed by atoms with Crippen molar-refractivity contribution < 1.29 is 0 Å². The average Bonchev–Trinajstić information content (AvgIpc) is 3.31. The lowest BCUT2D eigenvalue weighted by atomic mass is 10.0. The highest BCUT2D eigenvalue weighted by Crippen LogP contribution is 2.21. The van der Waals surface area contributed by atoms with Crippen LogP contribution in [0.4, 0.5) is 0 Å². The van der Waals surface area contributed by atoms with Gasteiger partial charge < -0.3 is 5.32 Å². The van der Waals surface area contributed by atoms with E-state index in [0.717, 1.165) is 17.8 Å². The molecule has 4 rings (SSSR count). The van der Waals surface area contributed by atoms with E-state index in [1.807, 2.05) is 12.4 Å². The van der Waals surface area contributed by atoms with E-state index in [-0.39, 0.29) is 7.43 Å². The molecule has 0 bridgehead atoms. The highest BCUT2D eigenvalue weighted by molar-refractivity contribution is 5.54. The number of hydrogen-bond donors (Lipinski definition) is 3. The van der Waals surface area contributed by atoms with Crippen molar-refractivity contribution in [3.05, 3.63) is 48.9 Å². The molecule has 0 spiro atoms. The van der Waals surface area contributed by atoms with E-state index >= 15 is 0 Å². The van der Waals surface area contributed by atoms with Crippen LogP contribution in [0.3, 0.4) is 0 Å². The van der Waals surface area contributed by atoms with Crippen LogP contribution >= 0.6 is 0 Å². The van der Waals surface area contributed by atoms with Crippen LogP contribution in [0.5, 0.6) is 0 Å². The highest BCUT2D eigenvalue weighted by atomic mass is 15.1. The normalized spacial score (nSPS) is 16.8. The van der Waals surface area contributed by atoms with Crippen LogP contribution in [0.1, 0.15) is 38.3 Å². The summed E-state index contributed by atoms with van der Waals surface area (Å²) in [4.78, 5) is 8.04. The van der Waals surface area contributed by atoms with Crippen molar-refractivity contribution in [3.63, 3.8) is 0 Å². The van der Waals surface area contributed by atoms with Gasteiger partial charge in [0.1, 0.15) is 0 Å². The zero-order valence-corrected chi connectivity index (χ0v) is 12.2. The van der Waals surface area contributed by atoms with Crippen molar-refractivity contribution >= 4 is 0 Å². The number of hydrogen-bond acceptors (Lipinski definition) is 5. The lowest BCUT2D eigenvalue weighted by Crippen LogP contribution is -2.26. The second kappa shape index (κ2) is 8.79. The first-order valence-electron chi connectivity index (χ1n) is 7.41. The van der Waals surface area contributed by atoms with Gasteiger partial charge in [-0.2, -0.15) is 10.2 Å². The van der Waals surface area contributed by atoms with Crippen LogP contribution in [0, 0.1) is 0 Å². The summed E-state index contributed by atoms with van der Waals surface area (Å²) in [5.41, 5.74) is 3.09. The summed E-state index contributed by atoms with van der Waals surface area (Å²) in [6.45, 7) is 1.15. The number of rotatable bonds is 2. The van der Waals surface area contributed by atoms with Gasteiger partial charge in [-0.3, -0.25) is 20.2 Å². The summed E-state index contributed by atoms with van der Waals surface area (Å²) in [5.74, 6) is 0. The summed E-state index contributed by atoms with van der Waals surface area (Å²) < 4.78 is 0. The Labute approximate surface area is 136 Å². The number of H-pyrrole nitrogens is 2. The third-order valence-electron chi connectivity index (χ3n) is 3.59. The molecule has 3 aromatic rings. The Balaban J connectivity index is 0.000000160. The fourth-order valence-electron chi connectivity index (χ4n) is 2.43. The van der Waals surface area contributed by atoms with E-state index in [1.54, 1.807) is 31.0 Å². The molecule has 122 valence electrons. The van der Waals surface area contributed by atoms with Gasteiger partial charge >= 0.3 is 0 Å². The van der Waals surface area contributed by atoms with Crippen molar-refractivity contribution in [2.24, 2.45) is 0 Å². The van der Waals surface area contributed by atoms with Crippen molar-refractivity contribution in [2.45, 2.75) is 32.7 Å². The van der Waals surface area contributed by atoms with Gasteiger partial charge in [-0.1, -0.05) is 13.8 Å². The molecule has 1 aliphatic heterocycles. The summed E-state index contributed by atoms with van der Waals surface area (Å²) in [6, 6.07) is 0.544. The minimum absolute atomic E-state index is 0. The predicted molar refractivity (Wildman–Crippen MR) is 89.5 cm³/mol. The Bertz CT molecular complexity index is 628. The van der Waals surface area contributed by atoms with Gasteiger partial charge in [0, 0.05) is 42.0 Å². The average molecular weight is 313 g/mol. The van der Waals surface area contributed by atoms with Crippen LogP contribution < -0.4 is 5.32 Å². The molecular weight excluding hydrogens is 290 g/mol. The molecule has 0 saturated carbocycles. The topological polar surface area (TPSA) is 95.2 Å². The minimum Gasteiger partial charge on any atom is -0.310 e. The Morgan fingerprint density at radius 3 is 2.43 bits per heavy atom. The van der Waals surface area contributed by atoms with Crippen molar-refractivity contribution in [1.29, 1.82) is 0 Å². The van der Waals surface area contributed by atoms with Gasteiger partial charge in [-0.05, 0) is 19.4 Å². The van der Waals surface area contributed by atoms with Gasteiger partial charge in [0.05, 0.1) is 24.3 Å². The molecule has 1 aliphatic rings. The Morgan fingerprint density at radius 1 is 0.957 bits per heavy atom. The fourth-order valence-corrected chi connectivity index (χ4v) is 2.43. The quantitative estimate of drug-likeness (QED) is 0.676. The smallest absolute Gasteiger partial charge is 0.0916 e. The summed E-state index contributed by atoms with van der Waals surface area (Å²) in [6.07, 6.45) is 16.3. The zero-order valence-electron chi connectivity index (χ0n) is 12.2. The molecule has 1 saturated heterocycles. The third kappa shape index (κ3) is 4.72. The molecule has 7 heteroatoms. The number of nitrogens with one attached hydrogen (secondary N) is 3. The summed E-state index contributed by atoms with van der Waals surface area (Å²) in [7, 11) is 0. The summed E-state index contributed by atoms with van der Waals surface area (Å²) >= 11 is 0. The second-order valence-electron chi connectivity index (χ2n) is 5.11. The molecule has 1 atom stereocenters. The first kappa shape index (κ1) is 16.8. The van der Waals surface area contributed by atoms with Crippen LogP contribution in [0.25, 0.3) is 11.3 Å². The van der Waals surface area contributed by atoms with E-state index in [2.05, 4.69) is 35.7 Å². The number of piperidine rings is 1. The monoisotopic (exact) mass is 313 g/mol. The maximum atomic E-state index is 4.10. The first-order valence-corrected chi connectivity index (χ1v) is 7.41. The maximum Gasteiger partial charge on any atom is 0.0916 e. The Morgan fingerprint density at radius 2 is 1.83 bits per heavy atom. The Kier molecular flexibility index (Phi) is 6.43. The summed E-state index contributed by atoms with van der Waals surface area (Å²) in [5, 5.41) is 16.7. The van der Waals surface area contributed by atoms with Crippen LogP contribution in [0.15, 0.2) is 43.4 Å². The van der Waals surface area contributed by atoms with E-state index in [1.165, 1.54) is 24.8 Å². The maximum absolute atomic E-state index is 4.10. The lowest BCUT2D eigenvalue weighted by Gasteiger charge is -2.21. The van der Waals surface area contributed by atoms with E-state index in [4.69, 9.17) is 0 Å². The predicted octanol–water partition coefficient (Wildman–Crippen LogP) is 2.73. The molecule has 3 aromatic heterocycles. The third-order valence-corrected chi connectivity index (χ3v) is 3.59. The van der Waals surface area contributed by atoms with E-state index < -0.39 is 0 Å². The van der Waals surface area contributed by atoms with Crippen molar-refractivity contribution in [2.75, 3.05) is 6.54 Å².